The van der Waals surface area contributed by atoms with E-state index in [0.29, 0.717) is 13.2 Å². The molecule has 0 amide bonds. The average Bonchev–Trinajstić information content (AvgIpc) is 3.31. The maximum absolute atomic E-state index is 12.6. The van der Waals surface area contributed by atoms with E-state index < -0.39 is 0 Å². The lowest BCUT2D eigenvalue weighted by atomic mass is 9.78. The fraction of sp³-hybridized carbons (Fsp3) is 0.588. The van der Waals surface area contributed by atoms with Crippen molar-refractivity contribution < 1.29 is 14.3 Å². The minimum atomic E-state index is -0.215. The smallest absolute Gasteiger partial charge is 0.312 e. The van der Waals surface area contributed by atoms with Crippen molar-refractivity contribution >= 4 is 5.97 Å². The highest BCUT2D eigenvalue weighted by Crippen LogP contribution is 2.55. The molecule has 1 aliphatic carbocycles. The van der Waals surface area contributed by atoms with Gasteiger partial charge < -0.3 is 14.8 Å². The molecule has 4 heteroatoms. The Hall–Kier alpha value is -1.39. The van der Waals surface area contributed by atoms with Gasteiger partial charge in [0.2, 0.25) is 0 Å². The van der Waals surface area contributed by atoms with Crippen LogP contribution in [0.4, 0.5) is 0 Å². The quantitative estimate of drug-likeness (QED) is 0.841. The molecule has 1 N–H and O–H groups in total. The van der Waals surface area contributed by atoms with Crippen LogP contribution in [0.5, 0.6) is 0 Å². The second-order valence-corrected chi connectivity index (χ2v) is 5.87. The van der Waals surface area contributed by atoms with Crippen molar-refractivity contribution in [2.45, 2.75) is 31.3 Å². The van der Waals surface area contributed by atoms with Crippen molar-refractivity contribution in [3.8, 4) is 0 Å². The predicted molar refractivity (Wildman–Crippen MR) is 80.1 cm³/mol. The van der Waals surface area contributed by atoms with E-state index in [9.17, 15) is 4.79 Å². The first kappa shape index (κ1) is 14.5. The van der Waals surface area contributed by atoms with Crippen LogP contribution in [0.15, 0.2) is 30.3 Å². The first-order valence-electron chi connectivity index (χ1n) is 7.82. The molecule has 21 heavy (non-hydrogen) atoms. The highest BCUT2D eigenvalue weighted by molar-refractivity contribution is 5.76. The standard InChI is InChI=1S/C17H23NO3/c1-2-20-16(19)15(14-12-18-10-11-21-14)17(8-9-17)13-6-4-3-5-7-13/h3-7,14-15,18H,2,8-12H2,1H3. The summed E-state index contributed by atoms with van der Waals surface area (Å²) in [7, 11) is 0. The maximum atomic E-state index is 12.6. The Bertz CT molecular complexity index is 478. The van der Waals surface area contributed by atoms with E-state index in [4.69, 9.17) is 9.47 Å². The molecule has 1 heterocycles. The average molecular weight is 289 g/mol. The molecule has 1 saturated carbocycles. The lowest BCUT2D eigenvalue weighted by molar-refractivity contribution is -0.157. The number of ether oxygens (including phenoxy) is 2. The van der Waals surface area contributed by atoms with E-state index in [2.05, 4.69) is 17.4 Å². The third-order valence-electron chi connectivity index (χ3n) is 4.60. The largest absolute Gasteiger partial charge is 0.466 e. The van der Waals surface area contributed by atoms with E-state index in [1.54, 1.807) is 0 Å². The van der Waals surface area contributed by atoms with E-state index >= 15 is 0 Å². The highest BCUT2D eigenvalue weighted by Gasteiger charge is 2.57. The van der Waals surface area contributed by atoms with Crippen LogP contribution in [0.1, 0.15) is 25.3 Å². The van der Waals surface area contributed by atoms with Crippen molar-refractivity contribution in [3.63, 3.8) is 0 Å². The Morgan fingerprint density at radius 3 is 2.76 bits per heavy atom. The van der Waals surface area contributed by atoms with Crippen molar-refractivity contribution in [3.05, 3.63) is 35.9 Å². The molecule has 0 aromatic heterocycles. The van der Waals surface area contributed by atoms with Gasteiger partial charge in [0.05, 0.1) is 25.2 Å². The molecule has 2 aliphatic rings. The van der Waals surface area contributed by atoms with Crippen molar-refractivity contribution in [2.75, 3.05) is 26.3 Å². The molecule has 1 aromatic rings. The number of benzene rings is 1. The molecule has 2 unspecified atom stereocenters. The molecule has 0 radical (unpaired) electrons. The van der Waals surface area contributed by atoms with Gasteiger partial charge in [-0.15, -0.1) is 0 Å². The van der Waals surface area contributed by atoms with E-state index in [1.165, 1.54) is 5.56 Å². The van der Waals surface area contributed by atoms with Gasteiger partial charge in [0, 0.05) is 18.5 Å². The summed E-state index contributed by atoms with van der Waals surface area (Å²) in [5, 5.41) is 3.33. The minimum absolute atomic E-state index is 0.0968. The number of carbonyl (C=O) groups is 1. The normalized spacial score (nSPS) is 25.1. The summed E-state index contributed by atoms with van der Waals surface area (Å²) in [5.41, 5.74) is 1.13. The van der Waals surface area contributed by atoms with Crippen LogP contribution in [-0.2, 0) is 19.7 Å². The molecular formula is C17H23NO3. The Labute approximate surface area is 125 Å². The van der Waals surface area contributed by atoms with Gasteiger partial charge in [-0.05, 0) is 25.3 Å². The Morgan fingerprint density at radius 2 is 2.19 bits per heavy atom. The third-order valence-corrected chi connectivity index (χ3v) is 4.60. The first-order valence-corrected chi connectivity index (χ1v) is 7.82. The second-order valence-electron chi connectivity index (χ2n) is 5.87. The zero-order valence-corrected chi connectivity index (χ0v) is 12.5. The molecule has 0 bridgehead atoms. The number of carbonyl (C=O) groups excluding carboxylic acids is 1. The molecule has 1 aliphatic heterocycles. The van der Waals surface area contributed by atoms with Gasteiger partial charge in [-0.1, -0.05) is 30.3 Å². The summed E-state index contributed by atoms with van der Waals surface area (Å²) in [4.78, 5) is 12.6. The van der Waals surface area contributed by atoms with Gasteiger partial charge in [-0.3, -0.25) is 4.79 Å². The maximum Gasteiger partial charge on any atom is 0.312 e. The molecule has 1 saturated heterocycles. The van der Waals surface area contributed by atoms with Crippen LogP contribution in [-0.4, -0.2) is 38.4 Å². The Kier molecular flexibility index (Phi) is 4.27. The molecular weight excluding hydrogens is 266 g/mol. The van der Waals surface area contributed by atoms with Crippen LogP contribution in [0.25, 0.3) is 0 Å². The lowest BCUT2D eigenvalue weighted by Gasteiger charge is -2.35. The third kappa shape index (κ3) is 2.83. The number of rotatable bonds is 5. The van der Waals surface area contributed by atoms with Crippen LogP contribution < -0.4 is 5.32 Å². The number of esters is 1. The molecule has 1 aromatic carbocycles. The van der Waals surface area contributed by atoms with Crippen molar-refractivity contribution in [2.24, 2.45) is 5.92 Å². The lowest BCUT2D eigenvalue weighted by Crippen LogP contribution is -2.49. The zero-order chi connectivity index (χ0) is 14.7. The van der Waals surface area contributed by atoms with Gasteiger partial charge in [0.1, 0.15) is 0 Å². The van der Waals surface area contributed by atoms with E-state index in [0.717, 1.165) is 25.9 Å². The van der Waals surface area contributed by atoms with Crippen molar-refractivity contribution in [1.82, 2.24) is 5.32 Å². The Morgan fingerprint density at radius 1 is 1.43 bits per heavy atom. The fourth-order valence-electron chi connectivity index (χ4n) is 3.45. The highest BCUT2D eigenvalue weighted by atomic mass is 16.5. The SMILES string of the molecule is CCOC(=O)C(C1CNCCO1)C1(c2ccccc2)CC1. The monoisotopic (exact) mass is 289 g/mol. The second kappa shape index (κ2) is 6.16. The summed E-state index contributed by atoms with van der Waals surface area (Å²) in [5.74, 6) is -0.333. The summed E-state index contributed by atoms with van der Waals surface area (Å²) in [6.07, 6.45) is 1.96. The predicted octanol–water partition coefficient (Wildman–Crippen LogP) is 1.89. The summed E-state index contributed by atoms with van der Waals surface area (Å²) in [6, 6.07) is 10.3. The minimum Gasteiger partial charge on any atom is -0.466 e. The van der Waals surface area contributed by atoms with Crippen LogP contribution >= 0.6 is 0 Å². The molecule has 2 atom stereocenters. The molecule has 114 valence electrons. The van der Waals surface area contributed by atoms with Gasteiger partial charge in [-0.25, -0.2) is 0 Å². The van der Waals surface area contributed by atoms with E-state index in [-0.39, 0.29) is 23.4 Å². The number of hydrogen-bond donors (Lipinski definition) is 1. The summed E-state index contributed by atoms with van der Waals surface area (Å²) < 4.78 is 11.3. The van der Waals surface area contributed by atoms with Crippen LogP contribution in [0.3, 0.4) is 0 Å². The number of morpholine rings is 1. The molecule has 3 rings (SSSR count). The fourth-order valence-corrected chi connectivity index (χ4v) is 3.45. The zero-order valence-electron chi connectivity index (χ0n) is 12.5. The molecule has 4 nitrogen and oxygen atoms in total. The number of nitrogens with one attached hydrogen (secondary N) is 1. The van der Waals surface area contributed by atoms with Gasteiger partial charge >= 0.3 is 5.97 Å². The molecule has 2 fully saturated rings. The van der Waals surface area contributed by atoms with Crippen LogP contribution in [0.2, 0.25) is 0 Å². The van der Waals surface area contributed by atoms with E-state index in [1.807, 2.05) is 25.1 Å². The van der Waals surface area contributed by atoms with Crippen molar-refractivity contribution in [1.29, 1.82) is 0 Å². The van der Waals surface area contributed by atoms with Crippen LogP contribution in [0, 0.1) is 5.92 Å². The van der Waals surface area contributed by atoms with Gasteiger partial charge in [0.25, 0.3) is 0 Å². The number of hydrogen-bond acceptors (Lipinski definition) is 4. The van der Waals surface area contributed by atoms with Gasteiger partial charge in [-0.2, -0.15) is 0 Å². The topological polar surface area (TPSA) is 47.6 Å². The molecule has 0 spiro atoms. The Balaban J connectivity index is 1.89. The summed E-state index contributed by atoms with van der Waals surface area (Å²) in [6.45, 7) is 4.51. The first-order chi connectivity index (χ1) is 10.3. The summed E-state index contributed by atoms with van der Waals surface area (Å²) >= 11 is 0. The van der Waals surface area contributed by atoms with Gasteiger partial charge in [0.15, 0.2) is 0 Å².